The monoisotopic (exact) mass is 535 g/mol. The quantitative estimate of drug-likeness (QED) is 0.357. The predicted molar refractivity (Wildman–Crippen MR) is 137 cm³/mol. The lowest BCUT2D eigenvalue weighted by Crippen LogP contribution is -2.48. The van der Waals surface area contributed by atoms with Gasteiger partial charge in [0.25, 0.3) is 0 Å². The topological polar surface area (TPSA) is 136 Å². The molecular weight excluding hydrogens is 510 g/mol. The third-order valence-electron chi connectivity index (χ3n) is 6.50. The van der Waals surface area contributed by atoms with Crippen molar-refractivity contribution in [2.24, 2.45) is 5.73 Å². The summed E-state index contributed by atoms with van der Waals surface area (Å²) in [5.41, 5.74) is 17.4. The highest BCUT2D eigenvalue weighted by Gasteiger charge is 2.29. The van der Waals surface area contributed by atoms with Gasteiger partial charge in [0, 0.05) is 41.9 Å². The van der Waals surface area contributed by atoms with E-state index in [0.29, 0.717) is 29.0 Å². The van der Waals surface area contributed by atoms with Crippen LogP contribution in [-0.4, -0.2) is 61.2 Å². The van der Waals surface area contributed by atoms with Gasteiger partial charge in [-0.25, -0.2) is 4.98 Å². The Morgan fingerprint density at radius 1 is 1.11 bits per heavy atom. The van der Waals surface area contributed by atoms with Gasteiger partial charge >= 0.3 is 0 Å². The molecule has 4 heterocycles. The first-order chi connectivity index (χ1) is 17.0. The van der Waals surface area contributed by atoms with Crippen molar-refractivity contribution < 1.29 is 9.90 Å². The molecule has 1 atom stereocenters. The van der Waals surface area contributed by atoms with Crippen LogP contribution in [0.25, 0.3) is 28.0 Å². The van der Waals surface area contributed by atoms with Gasteiger partial charge in [-0.05, 0) is 34.8 Å². The summed E-state index contributed by atoms with van der Waals surface area (Å²) >= 11 is 3.62. The highest BCUT2D eigenvalue weighted by atomic mass is 79.9. The average Bonchev–Trinajstić information content (AvgIpc) is 3.34. The third-order valence-corrected chi connectivity index (χ3v) is 7.31. The van der Waals surface area contributed by atoms with E-state index in [-0.39, 0.29) is 18.4 Å². The number of halogens is 1. The molecule has 0 spiro atoms. The molecule has 0 aliphatic carbocycles. The summed E-state index contributed by atoms with van der Waals surface area (Å²) in [5.74, 6) is 0.371. The summed E-state index contributed by atoms with van der Waals surface area (Å²) in [4.78, 5) is 23.6. The fourth-order valence-corrected chi connectivity index (χ4v) is 5.09. The molecule has 35 heavy (non-hydrogen) atoms. The molecule has 1 aliphatic rings. The first-order valence-corrected chi connectivity index (χ1v) is 12.3. The number of carbonyl (C=O) groups excluding carboxylic acids is 1. The number of aromatic nitrogens is 4. The van der Waals surface area contributed by atoms with Gasteiger partial charge < -0.3 is 21.5 Å². The number of benzene rings is 1. The van der Waals surface area contributed by atoms with Crippen LogP contribution >= 0.6 is 15.9 Å². The molecule has 1 fully saturated rings. The van der Waals surface area contributed by atoms with Crippen LogP contribution in [0.3, 0.4) is 0 Å². The lowest BCUT2D eigenvalue weighted by molar-refractivity contribution is -0.134. The van der Waals surface area contributed by atoms with Crippen molar-refractivity contribution in [2.45, 2.75) is 24.8 Å². The molecule has 0 saturated carbocycles. The summed E-state index contributed by atoms with van der Waals surface area (Å²) in [6, 6.07) is 13.1. The molecule has 0 radical (unpaired) electrons. The van der Waals surface area contributed by atoms with Gasteiger partial charge in [-0.3, -0.25) is 9.78 Å². The van der Waals surface area contributed by atoms with Crippen molar-refractivity contribution in [1.82, 2.24) is 24.5 Å². The smallest absolute Gasteiger partial charge is 0.241 e. The number of anilines is 1. The average molecular weight is 536 g/mol. The molecule has 4 aromatic rings. The van der Waals surface area contributed by atoms with Gasteiger partial charge in [-0.2, -0.15) is 9.61 Å². The molecule has 9 nitrogen and oxygen atoms in total. The second-order valence-corrected chi connectivity index (χ2v) is 9.47. The predicted octanol–water partition coefficient (Wildman–Crippen LogP) is 2.83. The number of nitrogen functional groups attached to an aromatic ring is 1. The Morgan fingerprint density at radius 2 is 1.86 bits per heavy atom. The summed E-state index contributed by atoms with van der Waals surface area (Å²) in [6.07, 6.45) is 5.03. The molecule has 10 heteroatoms. The third kappa shape index (κ3) is 4.40. The minimum Gasteiger partial charge on any atom is -0.394 e. The lowest BCUT2D eigenvalue weighted by Gasteiger charge is -2.33. The second-order valence-electron chi connectivity index (χ2n) is 8.68. The van der Waals surface area contributed by atoms with E-state index in [2.05, 4.69) is 26.0 Å². The van der Waals surface area contributed by atoms with Crippen LogP contribution in [0.15, 0.2) is 59.3 Å². The minimum atomic E-state index is -0.875. The van der Waals surface area contributed by atoms with Crippen LogP contribution in [0.5, 0.6) is 0 Å². The number of hydrogen-bond acceptors (Lipinski definition) is 7. The number of nitrogens with zero attached hydrogens (tertiary/aromatic N) is 5. The Kier molecular flexibility index (Phi) is 6.50. The van der Waals surface area contributed by atoms with E-state index >= 15 is 0 Å². The van der Waals surface area contributed by atoms with E-state index in [0.717, 1.165) is 40.9 Å². The number of pyridine rings is 1. The van der Waals surface area contributed by atoms with E-state index in [9.17, 15) is 9.90 Å². The molecule has 1 aliphatic heterocycles. The Morgan fingerprint density at radius 3 is 2.51 bits per heavy atom. The molecule has 3 aromatic heterocycles. The maximum absolute atomic E-state index is 12.3. The number of fused-ring (bicyclic) bond motifs is 1. The zero-order valence-corrected chi connectivity index (χ0v) is 20.6. The van der Waals surface area contributed by atoms with Crippen molar-refractivity contribution in [3.63, 3.8) is 0 Å². The van der Waals surface area contributed by atoms with E-state index < -0.39 is 6.04 Å². The number of rotatable bonds is 5. The van der Waals surface area contributed by atoms with Crippen LogP contribution in [-0.2, 0) is 4.79 Å². The number of hydrogen-bond donors (Lipinski definition) is 3. The molecule has 5 N–H and O–H groups in total. The van der Waals surface area contributed by atoms with Crippen LogP contribution in [0, 0.1) is 0 Å². The highest BCUT2D eigenvalue weighted by Crippen LogP contribution is 2.37. The number of piperidine rings is 1. The number of carbonyl (C=O) groups is 1. The van der Waals surface area contributed by atoms with Crippen LogP contribution in [0.4, 0.5) is 5.82 Å². The Bertz CT molecular complexity index is 1350. The maximum atomic E-state index is 12.3. The van der Waals surface area contributed by atoms with Crippen molar-refractivity contribution in [3.8, 4) is 22.4 Å². The maximum Gasteiger partial charge on any atom is 0.241 e. The number of aliphatic hydroxyl groups excluding tert-OH is 1. The molecule has 5 rings (SSSR count). The lowest BCUT2D eigenvalue weighted by atomic mass is 9.92. The van der Waals surface area contributed by atoms with Gasteiger partial charge in [-0.15, -0.1) is 0 Å². The molecule has 1 saturated heterocycles. The van der Waals surface area contributed by atoms with Gasteiger partial charge in [-0.1, -0.05) is 36.4 Å². The molecule has 1 aromatic carbocycles. The molecule has 1 amide bonds. The zero-order chi connectivity index (χ0) is 24.5. The zero-order valence-electron chi connectivity index (χ0n) is 19.0. The number of nitrogens with two attached hydrogens (primary N) is 2. The summed E-state index contributed by atoms with van der Waals surface area (Å²) < 4.78 is 2.35. The van der Waals surface area contributed by atoms with Gasteiger partial charge in [0.2, 0.25) is 5.91 Å². The highest BCUT2D eigenvalue weighted by molar-refractivity contribution is 9.10. The normalized spacial score (nSPS) is 15.5. The second kappa shape index (κ2) is 9.73. The summed E-state index contributed by atoms with van der Waals surface area (Å²) in [5, 5.41) is 13.7. The van der Waals surface area contributed by atoms with Crippen LogP contribution in [0.1, 0.15) is 24.5 Å². The molecule has 1 unspecified atom stereocenters. The van der Waals surface area contributed by atoms with Gasteiger partial charge in [0.05, 0.1) is 28.7 Å². The van der Waals surface area contributed by atoms with Crippen molar-refractivity contribution in [1.29, 1.82) is 0 Å². The van der Waals surface area contributed by atoms with Crippen molar-refractivity contribution >= 4 is 33.3 Å². The van der Waals surface area contributed by atoms with Gasteiger partial charge in [0.1, 0.15) is 11.9 Å². The summed E-state index contributed by atoms with van der Waals surface area (Å²) in [7, 11) is 0. The van der Waals surface area contributed by atoms with Gasteiger partial charge in [0.15, 0.2) is 5.65 Å². The minimum absolute atomic E-state index is 0.118. The number of amides is 1. The van der Waals surface area contributed by atoms with Crippen molar-refractivity contribution in [2.75, 3.05) is 25.4 Å². The number of aliphatic hydroxyl groups is 1. The standard InChI is InChI=1S/C25H26BrN7O2/c26-21-22(16-8-10-32(11-9-16)25(35)19(27)14-34)31-24-18(13-30-33(24)23(21)28)17-6-7-20(29-12-17)15-4-2-1-3-5-15/h1-7,12-13,16,19,34H,8-11,14,27-28H2. The Hall–Kier alpha value is -3.34. The Labute approximate surface area is 210 Å². The first kappa shape index (κ1) is 23.4. The molecule has 180 valence electrons. The van der Waals surface area contributed by atoms with E-state index in [1.165, 1.54) is 0 Å². The fraction of sp³-hybridized carbons (Fsp3) is 0.280. The molecule has 0 bridgehead atoms. The van der Waals surface area contributed by atoms with Crippen LogP contribution < -0.4 is 11.5 Å². The summed E-state index contributed by atoms with van der Waals surface area (Å²) in [6.45, 7) is 0.741. The molecular formula is C25H26BrN7O2. The Balaban J connectivity index is 1.44. The van der Waals surface area contributed by atoms with E-state index in [4.69, 9.17) is 16.5 Å². The number of likely N-dealkylation sites (tertiary alicyclic amines) is 1. The first-order valence-electron chi connectivity index (χ1n) is 11.5. The van der Waals surface area contributed by atoms with Crippen LogP contribution in [0.2, 0.25) is 0 Å². The van der Waals surface area contributed by atoms with Crippen molar-refractivity contribution in [3.05, 3.63) is 65.0 Å². The largest absolute Gasteiger partial charge is 0.394 e. The van der Waals surface area contributed by atoms with E-state index in [1.807, 2.05) is 48.7 Å². The fourth-order valence-electron chi connectivity index (χ4n) is 4.51. The SMILES string of the molecule is Nc1c(Br)c(C2CCN(C(=O)C(N)CO)CC2)nc2c(-c3ccc(-c4ccccc4)nc3)cnn12. The van der Waals surface area contributed by atoms with E-state index in [1.54, 1.807) is 15.6 Å².